The number of benzene rings is 1. The molecule has 0 bridgehead atoms. The Morgan fingerprint density at radius 1 is 1.32 bits per heavy atom. The van der Waals surface area contributed by atoms with Crippen LogP contribution in [0.4, 0.5) is 0 Å². The molecule has 5 nitrogen and oxygen atoms in total. The van der Waals surface area contributed by atoms with Crippen LogP contribution in [0.3, 0.4) is 0 Å². The third-order valence-corrected chi connectivity index (χ3v) is 6.04. The molecule has 0 amide bonds. The van der Waals surface area contributed by atoms with E-state index < -0.39 is 0 Å². The summed E-state index contributed by atoms with van der Waals surface area (Å²) in [5, 5.41) is 15.2. The van der Waals surface area contributed by atoms with Crippen molar-refractivity contribution in [2.45, 2.75) is 39.7 Å². The summed E-state index contributed by atoms with van der Waals surface area (Å²) in [4.78, 5) is 8.64. The van der Waals surface area contributed by atoms with Crippen molar-refractivity contribution in [1.29, 1.82) is 0 Å². The number of likely N-dealkylation sites (tertiary alicyclic amines) is 1. The molecule has 132 valence electrons. The van der Waals surface area contributed by atoms with Crippen molar-refractivity contribution >= 4 is 16.3 Å². The molecule has 0 saturated carbocycles. The highest BCUT2D eigenvalue weighted by Crippen LogP contribution is 2.41. The maximum absolute atomic E-state index is 10.8. The maximum atomic E-state index is 10.8. The molecule has 2 unspecified atom stereocenters. The fraction of sp³-hybridized carbons (Fsp3) is 0.474. The van der Waals surface area contributed by atoms with Gasteiger partial charge in [0.2, 0.25) is 10.8 Å². The zero-order valence-electron chi connectivity index (χ0n) is 14.9. The average Bonchev–Trinajstić information content (AvgIpc) is 3.06. The van der Waals surface area contributed by atoms with Crippen molar-refractivity contribution in [3.05, 3.63) is 46.1 Å². The van der Waals surface area contributed by atoms with Crippen LogP contribution < -0.4 is 0 Å². The second kappa shape index (κ2) is 6.42. The number of rotatable bonds is 3. The summed E-state index contributed by atoms with van der Waals surface area (Å²) in [6.07, 6.45) is 2.47. The second-order valence-electron chi connectivity index (χ2n) is 7.20. The van der Waals surface area contributed by atoms with Crippen LogP contribution in [0.15, 0.2) is 24.3 Å². The van der Waals surface area contributed by atoms with Crippen molar-refractivity contribution in [2.75, 3.05) is 13.1 Å². The first-order valence-electron chi connectivity index (χ1n) is 8.88. The van der Waals surface area contributed by atoms with E-state index >= 15 is 0 Å². The van der Waals surface area contributed by atoms with E-state index in [1.165, 1.54) is 24.0 Å². The van der Waals surface area contributed by atoms with Gasteiger partial charge < -0.3 is 5.11 Å². The summed E-state index contributed by atoms with van der Waals surface area (Å²) in [7, 11) is 0. The van der Waals surface area contributed by atoms with E-state index in [1.807, 2.05) is 6.92 Å². The largest absolute Gasteiger partial charge is 0.492 e. The molecule has 0 spiro atoms. The predicted octanol–water partition coefficient (Wildman–Crippen LogP) is 3.93. The van der Waals surface area contributed by atoms with Gasteiger partial charge in [-0.05, 0) is 44.7 Å². The van der Waals surface area contributed by atoms with E-state index in [-0.39, 0.29) is 11.9 Å². The van der Waals surface area contributed by atoms with Crippen LogP contribution in [0.25, 0.3) is 4.96 Å². The van der Waals surface area contributed by atoms with Gasteiger partial charge in [0.05, 0.1) is 10.9 Å². The molecule has 6 heteroatoms. The molecule has 25 heavy (non-hydrogen) atoms. The molecule has 2 atom stereocenters. The van der Waals surface area contributed by atoms with Crippen LogP contribution in [0.1, 0.15) is 47.6 Å². The molecule has 1 fully saturated rings. The maximum Gasteiger partial charge on any atom is 0.230 e. The highest BCUT2D eigenvalue weighted by Gasteiger charge is 2.31. The van der Waals surface area contributed by atoms with Crippen molar-refractivity contribution in [3.8, 4) is 5.88 Å². The highest BCUT2D eigenvalue weighted by molar-refractivity contribution is 7.17. The Morgan fingerprint density at radius 3 is 2.88 bits per heavy atom. The molecule has 1 N–H and O–H groups in total. The number of aromatic hydroxyl groups is 1. The molecule has 4 rings (SSSR count). The van der Waals surface area contributed by atoms with Gasteiger partial charge in [-0.3, -0.25) is 4.90 Å². The molecule has 1 aliphatic heterocycles. The van der Waals surface area contributed by atoms with Crippen molar-refractivity contribution in [1.82, 2.24) is 19.5 Å². The number of hydrogen-bond donors (Lipinski definition) is 1. The van der Waals surface area contributed by atoms with Gasteiger partial charge in [-0.25, -0.2) is 4.98 Å². The number of aromatic nitrogens is 3. The van der Waals surface area contributed by atoms with E-state index in [1.54, 1.807) is 15.9 Å². The molecule has 0 radical (unpaired) electrons. The molecule has 3 heterocycles. The molecular formula is C19H24N4OS. The Bertz CT molecular complexity index is 900. The Kier molecular flexibility index (Phi) is 4.25. The number of thiazole rings is 1. The van der Waals surface area contributed by atoms with Gasteiger partial charge in [-0.2, -0.15) is 4.52 Å². The predicted molar refractivity (Wildman–Crippen MR) is 100 cm³/mol. The zero-order valence-corrected chi connectivity index (χ0v) is 15.8. The molecule has 1 saturated heterocycles. The van der Waals surface area contributed by atoms with Crippen LogP contribution >= 0.6 is 11.3 Å². The SMILES string of the molecule is Cc1cccc(C(c2sc3nc(C)nn3c2O)N2CCCC(C)C2)c1. The highest BCUT2D eigenvalue weighted by atomic mass is 32.1. The third kappa shape index (κ3) is 3.04. The van der Waals surface area contributed by atoms with Gasteiger partial charge in [0.1, 0.15) is 5.82 Å². The summed E-state index contributed by atoms with van der Waals surface area (Å²) >= 11 is 1.55. The average molecular weight is 356 g/mol. The molecule has 3 aromatic rings. The lowest BCUT2D eigenvalue weighted by atomic mass is 9.95. The van der Waals surface area contributed by atoms with Crippen LogP contribution in [0, 0.1) is 19.8 Å². The third-order valence-electron chi connectivity index (χ3n) is 4.97. The van der Waals surface area contributed by atoms with E-state index in [4.69, 9.17) is 0 Å². The number of aryl methyl sites for hydroxylation is 2. The van der Waals surface area contributed by atoms with Crippen LogP contribution in [-0.2, 0) is 0 Å². The topological polar surface area (TPSA) is 53.7 Å². The minimum absolute atomic E-state index is 0.0523. The van der Waals surface area contributed by atoms with Crippen LogP contribution in [-0.4, -0.2) is 37.7 Å². The first kappa shape index (κ1) is 16.5. The summed E-state index contributed by atoms with van der Waals surface area (Å²) < 4.78 is 1.57. The summed E-state index contributed by atoms with van der Waals surface area (Å²) in [5.74, 6) is 1.59. The standard InChI is InChI=1S/C19H24N4OS/c1-12-6-4-8-15(10-12)16(22-9-5-7-13(2)11-22)17-18(24)23-19(25-17)20-14(3)21-23/h4,6,8,10,13,16,24H,5,7,9,11H2,1-3H3. The minimum atomic E-state index is 0.0523. The van der Waals surface area contributed by atoms with Gasteiger partial charge in [0, 0.05) is 6.54 Å². The number of nitrogens with zero attached hydrogens (tertiary/aromatic N) is 4. The number of hydrogen-bond acceptors (Lipinski definition) is 5. The van der Waals surface area contributed by atoms with Crippen molar-refractivity contribution in [3.63, 3.8) is 0 Å². The molecule has 1 aromatic carbocycles. The number of fused-ring (bicyclic) bond motifs is 1. The molecule has 2 aromatic heterocycles. The van der Waals surface area contributed by atoms with E-state index in [0.717, 1.165) is 22.9 Å². The summed E-state index contributed by atoms with van der Waals surface area (Å²) in [6.45, 7) is 8.37. The Labute approximate surface area is 151 Å². The van der Waals surface area contributed by atoms with Crippen molar-refractivity contribution in [2.24, 2.45) is 5.92 Å². The molecule has 0 aliphatic carbocycles. The second-order valence-corrected chi connectivity index (χ2v) is 8.21. The van der Waals surface area contributed by atoms with Gasteiger partial charge >= 0.3 is 0 Å². The minimum Gasteiger partial charge on any atom is -0.492 e. The summed E-state index contributed by atoms with van der Waals surface area (Å²) in [5.41, 5.74) is 2.47. The Morgan fingerprint density at radius 2 is 2.16 bits per heavy atom. The smallest absolute Gasteiger partial charge is 0.230 e. The van der Waals surface area contributed by atoms with Gasteiger partial charge in [0.15, 0.2) is 0 Å². The van der Waals surface area contributed by atoms with Gasteiger partial charge in [-0.1, -0.05) is 48.1 Å². The van der Waals surface area contributed by atoms with E-state index in [0.29, 0.717) is 11.7 Å². The first-order chi connectivity index (χ1) is 12.0. The normalized spacial score (nSPS) is 20.2. The van der Waals surface area contributed by atoms with E-state index in [2.05, 4.69) is 53.1 Å². The Hall–Kier alpha value is -1.92. The lowest BCUT2D eigenvalue weighted by Crippen LogP contribution is -2.37. The molecular weight excluding hydrogens is 332 g/mol. The van der Waals surface area contributed by atoms with Gasteiger partial charge in [-0.15, -0.1) is 5.10 Å². The monoisotopic (exact) mass is 356 g/mol. The van der Waals surface area contributed by atoms with Crippen LogP contribution in [0.5, 0.6) is 5.88 Å². The van der Waals surface area contributed by atoms with Crippen LogP contribution in [0.2, 0.25) is 0 Å². The fourth-order valence-electron chi connectivity index (χ4n) is 3.85. The zero-order chi connectivity index (χ0) is 17.6. The lowest BCUT2D eigenvalue weighted by Gasteiger charge is -2.37. The lowest BCUT2D eigenvalue weighted by molar-refractivity contribution is 0.149. The first-order valence-corrected chi connectivity index (χ1v) is 9.70. The summed E-state index contributed by atoms with van der Waals surface area (Å²) in [6, 6.07) is 8.66. The fourth-order valence-corrected chi connectivity index (χ4v) is 5.02. The molecule has 1 aliphatic rings. The quantitative estimate of drug-likeness (QED) is 0.772. The Balaban J connectivity index is 1.83. The number of piperidine rings is 1. The van der Waals surface area contributed by atoms with E-state index in [9.17, 15) is 5.11 Å². The van der Waals surface area contributed by atoms with Crippen molar-refractivity contribution < 1.29 is 5.11 Å². The van der Waals surface area contributed by atoms with Gasteiger partial charge in [0.25, 0.3) is 0 Å².